The number of hydrogen-bond donors (Lipinski definition) is 2. The zero-order valence-electron chi connectivity index (χ0n) is 8.90. The number of aromatic amines is 1. The third kappa shape index (κ3) is 3.24. The van der Waals surface area contributed by atoms with Crippen molar-refractivity contribution in [3.8, 4) is 0 Å². The first-order valence-corrected chi connectivity index (χ1v) is 6.13. The molecule has 2 aromatic rings. The first-order chi connectivity index (χ1) is 7.84. The Kier molecular flexibility index (Phi) is 3.77. The molecule has 16 heavy (non-hydrogen) atoms. The van der Waals surface area contributed by atoms with Gasteiger partial charge in [-0.15, -0.1) is 11.3 Å². The van der Waals surface area contributed by atoms with Gasteiger partial charge < -0.3 is 10.3 Å². The summed E-state index contributed by atoms with van der Waals surface area (Å²) >= 11 is 1.72. The van der Waals surface area contributed by atoms with Crippen LogP contribution in [0, 0.1) is 0 Å². The topological polar surface area (TPSA) is 44.9 Å². The summed E-state index contributed by atoms with van der Waals surface area (Å²) in [5.41, 5.74) is 1.02. The number of H-pyrrole nitrogens is 1. The van der Waals surface area contributed by atoms with Crippen LogP contribution in [0.15, 0.2) is 36.0 Å². The molecule has 3 nitrogen and oxygen atoms in total. The molecule has 2 N–H and O–H groups in total. The van der Waals surface area contributed by atoms with Gasteiger partial charge in [0, 0.05) is 23.8 Å². The number of rotatable bonds is 5. The second kappa shape index (κ2) is 5.51. The minimum atomic E-state index is 0.0798. The molecule has 2 aromatic heterocycles. The van der Waals surface area contributed by atoms with Crippen LogP contribution in [0.2, 0.25) is 0 Å². The molecule has 0 spiro atoms. The molecule has 0 aliphatic carbocycles. The van der Waals surface area contributed by atoms with Crippen LogP contribution >= 0.6 is 11.3 Å². The van der Waals surface area contributed by atoms with Crippen molar-refractivity contribution in [1.29, 1.82) is 0 Å². The number of amides is 1. The highest BCUT2D eigenvalue weighted by molar-refractivity contribution is 7.09. The van der Waals surface area contributed by atoms with E-state index in [-0.39, 0.29) is 5.91 Å². The molecule has 0 saturated heterocycles. The maximum absolute atomic E-state index is 11.5. The van der Waals surface area contributed by atoms with Crippen molar-refractivity contribution in [3.05, 3.63) is 46.4 Å². The normalized spacial score (nSPS) is 10.2. The van der Waals surface area contributed by atoms with Gasteiger partial charge in [-0.05, 0) is 29.5 Å². The Morgan fingerprint density at radius 3 is 3.06 bits per heavy atom. The summed E-state index contributed by atoms with van der Waals surface area (Å²) in [5, 5.41) is 4.97. The monoisotopic (exact) mass is 234 g/mol. The first-order valence-electron chi connectivity index (χ1n) is 5.25. The highest BCUT2D eigenvalue weighted by atomic mass is 32.1. The van der Waals surface area contributed by atoms with E-state index in [1.54, 1.807) is 11.3 Å². The molecular weight excluding hydrogens is 220 g/mol. The van der Waals surface area contributed by atoms with Gasteiger partial charge in [0.05, 0.1) is 6.42 Å². The number of carbonyl (C=O) groups is 1. The van der Waals surface area contributed by atoms with Gasteiger partial charge in [0.2, 0.25) is 5.91 Å². The maximum Gasteiger partial charge on any atom is 0.224 e. The van der Waals surface area contributed by atoms with E-state index in [9.17, 15) is 4.79 Å². The third-order valence-electron chi connectivity index (χ3n) is 2.30. The SMILES string of the molecule is O=C(Cc1cc[nH]c1)NCCc1cccs1. The molecule has 0 fully saturated rings. The second-order valence-corrected chi connectivity index (χ2v) is 4.61. The minimum Gasteiger partial charge on any atom is -0.367 e. The Balaban J connectivity index is 1.68. The van der Waals surface area contributed by atoms with Gasteiger partial charge in [-0.1, -0.05) is 6.07 Å². The lowest BCUT2D eigenvalue weighted by Crippen LogP contribution is -2.26. The number of nitrogens with one attached hydrogen (secondary N) is 2. The van der Waals surface area contributed by atoms with Crippen molar-refractivity contribution in [2.75, 3.05) is 6.54 Å². The van der Waals surface area contributed by atoms with Crippen LogP contribution in [0.5, 0.6) is 0 Å². The van der Waals surface area contributed by atoms with Crippen LogP contribution in [0.25, 0.3) is 0 Å². The minimum absolute atomic E-state index is 0.0798. The molecule has 0 aliphatic rings. The predicted octanol–water partition coefficient (Wildman–Crippen LogP) is 1.98. The summed E-state index contributed by atoms with van der Waals surface area (Å²) in [4.78, 5) is 15.8. The lowest BCUT2D eigenvalue weighted by Gasteiger charge is -2.02. The summed E-state index contributed by atoms with van der Waals surface area (Å²) in [7, 11) is 0. The largest absolute Gasteiger partial charge is 0.367 e. The standard InChI is InChI=1S/C12H14N2OS/c15-12(8-10-3-5-13-9-10)14-6-4-11-2-1-7-16-11/h1-3,5,7,9,13H,4,6,8H2,(H,14,15). The van der Waals surface area contributed by atoms with E-state index in [2.05, 4.69) is 21.7 Å². The van der Waals surface area contributed by atoms with E-state index in [1.165, 1.54) is 4.88 Å². The fourth-order valence-corrected chi connectivity index (χ4v) is 2.21. The molecule has 84 valence electrons. The molecule has 1 amide bonds. The van der Waals surface area contributed by atoms with Gasteiger partial charge in [0.1, 0.15) is 0 Å². The van der Waals surface area contributed by atoms with Crippen molar-refractivity contribution in [2.45, 2.75) is 12.8 Å². The number of aromatic nitrogens is 1. The van der Waals surface area contributed by atoms with Crippen LogP contribution in [-0.2, 0) is 17.6 Å². The molecule has 2 heterocycles. The summed E-state index contributed by atoms with van der Waals surface area (Å²) < 4.78 is 0. The fourth-order valence-electron chi connectivity index (χ4n) is 1.50. The van der Waals surface area contributed by atoms with Gasteiger partial charge in [-0.25, -0.2) is 0 Å². The summed E-state index contributed by atoms with van der Waals surface area (Å²) in [6, 6.07) is 6.03. The van der Waals surface area contributed by atoms with Crippen molar-refractivity contribution in [2.24, 2.45) is 0 Å². The summed E-state index contributed by atoms with van der Waals surface area (Å²) in [6.07, 6.45) is 5.04. The summed E-state index contributed by atoms with van der Waals surface area (Å²) in [5.74, 6) is 0.0798. The van der Waals surface area contributed by atoms with Crippen molar-refractivity contribution in [3.63, 3.8) is 0 Å². The second-order valence-electron chi connectivity index (χ2n) is 3.58. The average Bonchev–Trinajstić information content (AvgIpc) is 2.90. The first kappa shape index (κ1) is 11.0. The number of hydrogen-bond acceptors (Lipinski definition) is 2. The van der Waals surface area contributed by atoms with E-state index in [1.807, 2.05) is 24.5 Å². The highest BCUT2D eigenvalue weighted by Crippen LogP contribution is 2.08. The molecule has 4 heteroatoms. The lowest BCUT2D eigenvalue weighted by molar-refractivity contribution is -0.120. The average molecular weight is 234 g/mol. The van der Waals surface area contributed by atoms with E-state index in [4.69, 9.17) is 0 Å². The molecule has 0 aromatic carbocycles. The molecule has 0 radical (unpaired) electrons. The Labute approximate surface area is 98.5 Å². The van der Waals surface area contributed by atoms with Gasteiger partial charge in [0.15, 0.2) is 0 Å². The lowest BCUT2D eigenvalue weighted by atomic mass is 10.2. The molecular formula is C12H14N2OS. The molecule has 2 rings (SSSR count). The Hall–Kier alpha value is -1.55. The number of carbonyl (C=O) groups excluding carboxylic acids is 1. The quantitative estimate of drug-likeness (QED) is 0.816. The van der Waals surface area contributed by atoms with E-state index < -0.39 is 0 Å². The van der Waals surface area contributed by atoms with E-state index >= 15 is 0 Å². The van der Waals surface area contributed by atoms with Crippen LogP contribution in [0.3, 0.4) is 0 Å². The van der Waals surface area contributed by atoms with Crippen LogP contribution in [0.4, 0.5) is 0 Å². The Bertz CT molecular complexity index is 420. The molecule has 0 bridgehead atoms. The highest BCUT2D eigenvalue weighted by Gasteiger charge is 2.02. The molecule has 0 atom stereocenters. The van der Waals surface area contributed by atoms with Gasteiger partial charge >= 0.3 is 0 Å². The van der Waals surface area contributed by atoms with Crippen molar-refractivity contribution >= 4 is 17.2 Å². The number of thiophene rings is 1. The van der Waals surface area contributed by atoms with Gasteiger partial charge in [-0.2, -0.15) is 0 Å². The van der Waals surface area contributed by atoms with Gasteiger partial charge in [0.25, 0.3) is 0 Å². The Morgan fingerprint density at radius 2 is 2.38 bits per heavy atom. The summed E-state index contributed by atoms with van der Waals surface area (Å²) in [6.45, 7) is 0.712. The van der Waals surface area contributed by atoms with Crippen LogP contribution < -0.4 is 5.32 Å². The zero-order chi connectivity index (χ0) is 11.2. The predicted molar refractivity (Wildman–Crippen MR) is 65.5 cm³/mol. The maximum atomic E-state index is 11.5. The molecule has 0 saturated carbocycles. The van der Waals surface area contributed by atoms with E-state index in [0.29, 0.717) is 13.0 Å². The third-order valence-corrected chi connectivity index (χ3v) is 3.24. The van der Waals surface area contributed by atoms with Crippen molar-refractivity contribution < 1.29 is 4.79 Å². The molecule has 0 unspecified atom stereocenters. The molecule has 0 aliphatic heterocycles. The fraction of sp³-hybridized carbons (Fsp3) is 0.250. The zero-order valence-corrected chi connectivity index (χ0v) is 9.72. The van der Waals surface area contributed by atoms with Crippen LogP contribution in [0.1, 0.15) is 10.4 Å². The smallest absolute Gasteiger partial charge is 0.224 e. The van der Waals surface area contributed by atoms with E-state index in [0.717, 1.165) is 12.0 Å². The van der Waals surface area contributed by atoms with Crippen molar-refractivity contribution in [1.82, 2.24) is 10.3 Å². The van der Waals surface area contributed by atoms with Crippen LogP contribution in [-0.4, -0.2) is 17.4 Å². The van der Waals surface area contributed by atoms with Gasteiger partial charge in [-0.3, -0.25) is 4.79 Å². The Morgan fingerprint density at radius 1 is 1.44 bits per heavy atom.